The average molecular weight is 470 g/mol. The van der Waals surface area contributed by atoms with Gasteiger partial charge in [0.15, 0.2) is 11.9 Å². The zero-order valence-electron chi connectivity index (χ0n) is 18.1. The number of carbonyl (C=O) groups excluding carboxylic acids is 2. The Labute approximate surface area is 198 Å². The summed E-state index contributed by atoms with van der Waals surface area (Å²) in [7, 11) is 0. The number of nitrogens with one attached hydrogen (secondary N) is 1. The predicted molar refractivity (Wildman–Crippen MR) is 130 cm³/mol. The number of fused-ring (bicyclic) bond motifs is 1. The first kappa shape index (κ1) is 21.5. The van der Waals surface area contributed by atoms with Crippen molar-refractivity contribution in [2.75, 3.05) is 5.32 Å². The molecule has 0 bridgehead atoms. The van der Waals surface area contributed by atoms with Crippen molar-refractivity contribution in [3.8, 4) is 16.4 Å². The Kier molecular flexibility index (Phi) is 5.84. The highest BCUT2D eigenvalue weighted by molar-refractivity contribution is 7.13. The molecule has 0 aliphatic rings. The number of rotatable bonds is 6. The molecule has 3 aromatic heterocycles. The van der Waals surface area contributed by atoms with E-state index in [1.165, 1.54) is 18.3 Å². The fourth-order valence-corrected chi connectivity index (χ4v) is 4.12. The van der Waals surface area contributed by atoms with Crippen molar-refractivity contribution in [2.24, 2.45) is 0 Å². The fraction of sp³-hybridized carbons (Fsp3) is 0.0800. The first-order valence-electron chi connectivity index (χ1n) is 10.5. The lowest BCUT2D eigenvalue weighted by atomic mass is 10.2. The summed E-state index contributed by atoms with van der Waals surface area (Å²) in [5.41, 5.74) is 2.10. The molecule has 168 valence electrons. The summed E-state index contributed by atoms with van der Waals surface area (Å²) in [6, 6.07) is 22.3. The van der Waals surface area contributed by atoms with Crippen molar-refractivity contribution in [2.45, 2.75) is 13.0 Å². The van der Waals surface area contributed by atoms with Crippen molar-refractivity contribution in [1.29, 1.82) is 0 Å². The number of pyridine rings is 1. The molecule has 9 heteroatoms. The first-order valence-corrected chi connectivity index (χ1v) is 11.4. The number of ether oxygens (including phenoxy) is 1. The molecule has 1 N–H and O–H groups in total. The van der Waals surface area contributed by atoms with E-state index in [2.05, 4.69) is 20.4 Å². The topological polar surface area (TPSA) is 99.0 Å². The van der Waals surface area contributed by atoms with Crippen LogP contribution in [0.5, 0.6) is 0 Å². The highest BCUT2D eigenvalue weighted by Crippen LogP contribution is 2.26. The lowest BCUT2D eigenvalue weighted by Crippen LogP contribution is -2.30. The van der Waals surface area contributed by atoms with E-state index in [1.807, 2.05) is 60.0 Å². The van der Waals surface area contributed by atoms with Crippen LogP contribution in [0.25, 0.3) is 27.3 Å². The van der Waals surface area contributed by atoms with Gasteiger partial charge in [0.25, 0.3) is 11.7 Å². The van der Waals surface area contributed by atoms with Gasteiger partial charge in [-0.1, -0.05) is 30.3 Å². The second-order valence-corrected chi connectivity index (χ2v) is 8.34. The maximum Gasteiger partial charge on any atom is 0.379 e. The van der Waals surface area contributed by atoms with E-state index < -0.39 is 18.0 Å². The molecule has 2 aromatic carbocycles. The van der Waals surface area contributed by atoms with E-state index in [-0.39, 0.29) is 5.82 Å². The van der Waals surface area contributed by atoms with Crippen LogP contribution in [0.15, 0.2) is 84.4 Å². The molecule has 5 rings (SSSR count). The van der Waals surface area contributed by atoms with Crippen LogP contribution in [-0.2, 0) is 9.53 Å². The number of nitrogens with zero attached hydrogens (tertiary/aromatic N) is 4. The van der Waals surface area contributed by atoms with Gasteiger partial charge in [-0.25, -0.2) is 9.48 Å². The van der Waals surface area contributed by atoms with Gasteiger partial charge in [0.05, 0.1) is 21.8 Å². The second kappa shape index (κ2) is 9.24. The SMILES string of the molecule is CC(OC(=O)c1nc(-c2cccs2)n(-c2ccccc2)n1)C(=O)Nc1cccc2ncccc12. The van der Waals surface area contributed by atoms with Gasteiger partial charge >= 0.3 is 5.97 Å². The summed E-state index contributed by atoms with van der Waals surface area (Å²) in [5, 5.41) is 9.89. The first-order chi connectivity index (χ1) is 16.6. The second-order valence-electron chi connectivity index (χ2n) is 7.40. The minimum Gasteiger partial charge on any atom is -0.447 e. The van der Waals surface area contributed by atoms with Crippen LogP contribution < -0.4 is 5.32 Å². The Balaban J connectivity index is 1.36. The molecule has 1 amide bonds. The third-order valence-corrected chi connectivity index (χ3v) is 5.95. The van der Waals surface area contributed by atoms with Gasteiger partial charge in [-0.3, -0.25) is 9.78 Å². The third-order valence-electron chi connectivity index (χ3n) is 5.09. The quantitative estimate of drug-likeness (QED) is 0.361. The van der Waals surface area contributed by atoms with Gasteiger partial charge < -0.3 is 10.1 Å². The molecule has 0 aliphatic heterocycles. The summed E-state index contributed by atoms with van der Waals surface area (Å²) in [5.74, 6) is -0.852. The van der Waals surface area contributed by atoms with E-state index >= 15 is 0 Å². The minimum absolute atomic E-state index is 0.124. The van der Waals surface area contributed by atoms with Crippen molar-refractivity contribution in [3.05, 3.63) is 90.2 Å². The van der Waals surface area contributed by atoms with Gasteiger partial charge in [0.2, 0.25) is 0 Å². The molecule has 1 unspecified atom stereocenters. The number of anilines is 1. The molecule has 0 fully saturated rings. The highest BCUT2D eigenvalue weighted by atomic mass is 32.1. The molecule has 0 spiro atoms. The number of amides is 1. The average Bonchev–Trinajstić information content (AvgIpc) is 3.55. The molecule has 1 atom stereocenters. The Morgan fingerprint density at radius 3 is 2.65 bits per heavy atom. The van der Waals surface area contributed by atoms with Gasteiger partial charge in [-0.05, 0) is 54.8 Å². The Bertz CT molecular complexity index is 1460. The van der Waals surface area contributed by atoms with Crippen molar-refractivity contribution < 1.29 is 14.3 Å². The molecule has 8 nitrogen and oxygen atoms in total. The lowest BCUT2D eigenvalue weighted by Gasteiger charge is -2.13. The summed E-state index contributed by atoms with van der Waals surface area (Å²) < 4.78 is 7.00. The number of benzene rings is 2. The Morgan fingerprint density at radius 2 is 1.85 bits per heavy atom. The summed E-state index contributed by atoms with van der Waals surface area (Å²) in [4.78, 5) is 35.1. The van der Waals surface area contributed by atoms with Gasteiger partial charge in [0, 0.05) is 11.6 Å². The van der Waals surface area contributed by atoms with Crippen LogP contribution in [0, 0.1) is 0 Å². The summed E-state index contributed by atoms with van der Waals surface area (Å²) in [6.45, 7) is 1.50. The maximum absolute atomic E-state index is 12.8. The van der Waals surface area contributed by atoms with Gasteiger partial charge in [0.1, 0.15) is 0 Å². The smallest absolute Gasteiger partial charge is 0.379 e. The number of hydrogen-bond acceptors (Lipinski definition) is 7. The van der Waals surface area contributed by atoms with E-state index in [9.17, 15) is 9.59 Å². The number of carbonyl (C=O) groups is 2. The van der Waals surface area contributed by atoms with E-state index in [0.29, 0.717) is 11.5 Å². The molecular weight excluding hydrogens is 450 g/mol. The zero-order chi connectivity index (χ0) is 23.5. The van der Waals surface area contributed by atoms with Gasteiger partial charge in [-0.2, -0.15) is 4.98 Å². The standard InChI is InChI=1S/C25H19N5O3S/c1-16(24(31)27-20-12-5-11-19-18(20)10-6-14-26-19)33-25(32)22-28-23(21-13-7-15-34-21)30(29-22)17-8-3-2-4-9-17/h2-16H,1H3,(H,27,31). The molecule has 3 heterocycles. The van der Waals surface area contributed by atoms with Crippen LogP contribution >= 0.6 is 11.3 Å². The van der Waals surface area contributed by atoms with E-state index in [1.54, 1.807) is 29.1 Å². The highest BCUT2D eigenvalue weighted by Gasteiger charge is 2.25. The number of para-hydroxylation sites is 1. The van der Waals surface area contributed by atoms with Crippen LogP contribution in [-0.4, -0.2) is 37.7 Å². The zero-order valence-corrected chi connectivity index (χ0v) is 18.9. The summed E-state index contributed by atoms with van der Waals surface area (Å²) in [6.07, 6.45) is 0.623. The Hall–Kier alpha value is -4.37. The molecule has 0 radical (unpaired) electrons. The molecule has 5 aromatic rings. The number of thiophene rings is 1. The predicted octanol–water partition coefficient (Wildman–Crippen LogP) is 4.73. The van der Waals surface area contributed by atoms with E-state index in [4.69, 9.17) is 4.74 Å². The molecule has 0 aliphatic carbocycles. The third kappa shape index (κ3) is 4.28. The number of hydrogen-bond donors (Lipinski definition) is 1. The minimum atomic E-state index is -1.06. The Morgan fingerprint density at radius 1 is 1.00 bits per heavy atom. The van der Waals surface area contributed by atoms with Crippen molar-refractivity contribution in [1.82, 2.24) is 19.7 Å². The molecule has 34 heavy (non-hydrogen) atoms. The lowest BCUT2D eigenvalue weighted by molar-refractivity contribution is -0.123. The van der Waals surface area contributed by atoms with Crippen LogP contribution in [0.1, 0.15) is 17.5 Å². The molecule has 0 saturated heterocycles. The number of esters is 1. The number of aromatic nitrogens is 4. The monoisotopic (exact) mass is 469 g/mol. The molecular formula is C25H19N5O3S. The normalized spacial score (nSPS) is 11.8. The fourth-order valence-electron chi connectivity index (χ4n) is 3.43. The summed E-state index contributed by atoms with van der Waals surface area (Å²) >= 11 is 1.49. The van der Waals surface area contributed by atoms with Crippen molar-refractivity contribution >= 4 is 39.8 Å². The van der Waals surface area contributed by atoms with Crippen LogP contribution in [0.4, 0.5) is 5.69 Å². The molecule has 0 saturated carbocycles. The van der Waals surface area contributed by atoms with Crippen LogP contribution in [0.3, 0.4) is 0 Å². The van der Waals surface area contributed by atoms with E-state index in [0.717, 1.165) is 21.5 Å². The van der Waals surface area contributed by atoms with Crippen molar-refractivity contribution in [3.63, 3.8) is 0 Å². The van der Waals surface area contributed by atoms with Gasteiger partial charge in [-0.15, -0.1) is 16.4 Å². The van der Waals surface area contributed by atoms with Crippen LogP contribution in [0.2, 0.25) is 0 Å². The largest absolute Gasteiger partial charge is 0.447 e. The maximum atomic E-state index is 12.8.